The molecule has 1 aromatic rings. The first-order valence-electron chi connectivity index (χ1n) is 4.68. The molecule has 1 aromatic carbocycles. The molecule has 0 fully saturated rings. The zero-order valence-corrected chi connectivity index (χ0v) is 10.8. The Balaban J connectivity index is 2.62. The monoisotopic (exact) mass is 284 g/mol. The second-order valence-electron chi connectivity index (χ2n) is 3.25. The summed E-state index contributed by atoms with van der Waals surface area (Å²) in [5.74, 6) is 0.774. The smallest absolute Gasteiger partial charge is 0.243 e. The first-order chi connectivity index (χ1) is 7.54. The van der Waals surface area contributed by atoms with E-state index in [0.717, 1.165) is 15.8 Å². The minimum absolute atomic E-state index is 0.0208. The number of methoxy groups -OCH3 is 1. The summed E-state index contributed by atoms with van der Waals surface area (Å²) in [6.45, 7) is 0.596. The van der Waals surface area contributed by atoms with Crippen molar-refractivity contribution in [2.24, 2.45) is 5.73 Å². The molecular weight excluding hydrogens is 271 g/mol. The standard InChI is InChI=1S/C9H14BBrN4O/c1-16-8-3-2-6(4-7(8)11)5-14-15(10)9(12)13/h2-4,14H,5,10H2,1H3,(H3,12,13). The number of hydrazine groups is 1. The van der Waals surface area contributed by atoms with E-state index in [1.807, 2.05) is 18.2 Å². The molecule has 0 radical (unpaired) electrons. The summed E-state index contributed by atoms with van der Waals surface area (Å²) in [5.41, 5.74) is 9.35. The minimum Gasteiger partial charge on any atom is -0.496 e. The molecular formula is C9H14BBrN4O. The molecule has 7 heteroatoms. The predicted molar refractivity (Wildman–Crippen MR) is 69.8 cm³/mol. The summed E-state index contributed by atoms with van der Waals surface area (Å²) in [6, 6.07) is 5.79. The number of guanidine groups is 1. The van der Waals surface area contributed by atoms with Gasteiger partial charge >= 0.3 is 0 Å². The quantitative estimate of drug-likeness (QED) is 0.320. The van der Waals surface area contributed by atoms with Gasteiger partial charge in [-0.05, 0) is 33.6 Å². The number of nitrogens with zero attached hydrogens (tertiary/aromatic N) is 1. The van der Waals surface area contributed by atoms with Crippen molar-refractivity contribution >= 4 is 29.9 Å². The van der Waals surface area contributed by atoms with E-state index in [4.69, 9.17) is 15.9 Å². The van der Waals surface area contributed by atoms with Crippen molar-refractivity contribution in [3.05, 3.63) is 28.2 Å². The van der Waals surface area contributed by atoms with Crippen LogP contribution in [0.25, 0.3) is 0 Å². The van der Waals surface area contributed by atoms with Gasteiger partial charge in [0, 0.05) is 6.54 Å². The Morgan fingerprint density at radius 1 is 1.69 bits per heavy atom. The lowest BCUT2D eigenvalue weighted by Gasteiger charge is -2.18. The molecule has 0 heterocycles. The summed E-state index contributed by atoms with van der Waals surface area (Å²) in [7, 11) is 3.32. The third kappa shape index (κ3) is 3.43. The van der Waals surface area contributed by atoms with Crippen LogP contribution in [0.4, 0.5) is 0 Å². The van der Waals surface area contributed by atoms with Gasteiger partial charge in [-0.15, -0.1) is 0 Å². The van der Waals surface area contributed by atoms with Crippen molar-refractivity contribution < 1.29 is 4.74 Å². The van der Waals surface area contributed by atoms with E-state index in [0.29, 0.717) is 6.54 Å². The second kappa shape index (κ2) is 5.76. The van der Waals surface area contributed by atoms with E-state index < -0.39 is 0 Å². The normalized spacial score (nSPS) is 9.88. The van der Waals surface area contributed by atoms with Gasteiger partial charge in [-0.1, -0.05) is 6.07 Å². The molecule has 0 spiro atoms. The van der Waals surface area contributed by atoms with Gasteiger partial charge < -0.3 is 15.4 Å². The van der Waals surface area contributed by atoms with Gasteiger partial charge in [-0.25, -0.2) is 5.43 Å². The van der Waals surface area contributed by atoms with Gasteiger partial charge in [0.25, 0.3) is 0 Å². The highest BCUT2D eigenvalue weighted by atomic mass is 79.9. The number of nitrogens with one attached hydrogen (secondary N) is 2. The Labute approximate surface area is 104 Å². The van der Waals surface area contributed by atoms with Gasteiger partial charge in [0.05, 0.1) is 11.6 Å². The Hall–Kier alpha value is -1.21. The van der Waals surface area contributed by atoms with E-state index in [2.05, 4.69) is 21.4 Å². The molecule has 0 saturated carbocycles. The largest absolute Gasteiger partial charge is 0.496 e. The fourth-order valence-electron chi connectivity index (χ4n) is 1.11. The Bertz CT molecular complexity index is 388. The van der Waals surface area contributed by atoms with Crippen LogP contribution in [0.1, 0.15) is 5.56 Å². The Morgan fingerprint density at radius 3 is 2.88 bits per heavy atom. The van der Waals surface area contributed by atoms with Crippen LogP contribution in [-0.2, 0) is 6.54 Å². The van der Waals surface area contributed by atoms with Crippen molar-refractivity contribution in [2.75, 3.05) is 7.11 Å². The maximum absolute atomic E-state index is 7.18. The average Bonchev–Trinajstić information content (AvgIpc) is 2.25. The van der Waals surface area contributed by atoms with Crippen molar-refractivity contribution in [3.8, 4) is 5.75 Å². The lowest BCUT2D eigenvalue weighted by molar-refractivity contribution is 0.411. The molecule has 86 valence electrons. The summed E-state index contributed by atoms with van der Waals surface area (Å²) in [4.78, 5) is 1.46. The molecule has 0 saturated heterocycles. The van der Waals surface area contributed by atoms with E-state index in [1.165, 1.54) is 4.92 Å². The first kappa shape index (κ1) is 12.9. The molecule has 0 aromatic heterocycles. The number of nitrogens with two attached hydrogens (primary N) is 1. The molecule has 0 aliphatic heterocycles. The van der Waals surface area contributed by atoms with Crippen LogP contribution < -0.4 is 15.9 Å². The van der Waals surface area contributed by atoms with E-state index >= 15 is 0 Å². The SMILES string of the molecule is BN(NCc1ccc(OC)c(Br)c1)C(=N)N. The molecule has 0 atom stereocenters. The van der Waals surface area contributed by atoms with Gasteiger partial charge in [-0.3, -0.25) is 5.41 Å². The number of rotatable bonds is 4. The summed E-state index contributed by atoms with van der Waals surface area (Å²) < 4.78 is 6.03. The Morgan fingerprint density at radius 2 is 2.38 bits per heavy atom. The number of hydrogen-bond donors (Lipinski definition) is 3. The number of benzene rings is 1. The highest BCUT2D eigenvalue weighted by Gasteiger charge is 2.02. The van der Waals surface area contributed by atoms with Gasteiger partial charge in [0.15, 0.2) is 5.96 Å². The molecule has 4 N–H and O–H groups in total. The van der Waals surface area contributed by atoms with Crippen molar-refractivity contribution in [2.45, 2.75) is 6.54 Å². The molecule has 0 amide bonds. The highest BCUT2D eigenvalue weighted by molar-refractivity contribution is 9.10. The Kier molecular flexibility index (Phi) is 4.63. The van der Waals surface area contributed by atoms with Crippen molar-refractivity contribution in [3.63, 3.8) is 0 Å². The first-order valence-corrected chi connectivity index (χ1v) is 5.47. The van der Waals surface area contributed by atoms with Gasteiger partial charge in [-0.2, -0.15) is 0 Å². The van der Waals surface area contributed by atoms with Gasteiger partial charge in [0.2, 0.25) is 7.98 Å². The molecule has 0 unspecified atom stereocenters. The van der Waals surface area contributed by atoms with Crippen LogP contribution in [0, 0.1) is 5.41 Å². The lowest BCUT2D eigenvalue weighted by atomic mass is 10.2. The van der Waals surface area contributed by atoms with Crippen molar-refractivity contribution in [1.82, 2.24) is 10.3 Å². The second-order valence-corrected chi connectivity index (χ2v) is 4.10. The zero-order chi connectivity index (χ0) is 12.1. The zero-order valence-electron chi connectivity index (χ0n) is 9.25. The van der Waals surface area contributed by atoms with Crippen LogP contribution in [0.5, 0.6) is 5.75 Å². The molecule has 0 aliphatic rings. The van der Waals surface area contributed by atoms with E-state index in [1.54, 1.807) is 15.1 Å². The average molecular weight is 285 g/mol. The maximum Gasteiger partial charge on any atom is 0.243 e. The van der Waals surface area contributed by atoms with Crippen LogP contribution in [-0.4, -0.2) is 26.0 Å². The van der Waals surface area contributed by atoms with Crippen LogP contribution >= 0.6 is 15.9 Å². The summed E-state index contributed by atoms with van der Waals surface area (Å²) in [5, 5.41) is 7.18. The van der Waals surface area contributed by atoms with Gasteiger partial charge in [0.1, 0.15) is 5.75 Å². The minimum atomic E-state index is -0.0208. The summed E-state index contributed by atoms with van der Waals surface area (Å²) >= 11 is 3.41. The molecule has 16 heavy (non-hydrogen) atoms. The maximum atomic E-state index is 7.18. The summed E-state index contributed by atoms with van der Waals surface area (Å²) in [6.07, 6.45) is 0. The number of halogens is 1. The fraction of sp³-hybridized carbons (Fsp3) is 0.222. The fourth-order valence-corrected chi connectivity index (χ4v) is 1.70. The topological polar surface area (TPSA) is 74.4 Å². The van der Waals surface area contributed by atoms with Crippen LogP contribution in [0.3, 0.4) is 0 Å². The molecule has 1 rings (SSSR count). The molecule has 5 nitrogen and oxygen atoms in total. The van der Waals surface area contributed by atoms with Crippen LogP contribution in [0.2, 0.25) is 0 Å². The van der Waals surface area contributed by atoms with E-state index in [9.17, 15) is 0 Å². The molecule has 0 aliphatic carbocycles. The van der Waals surface area contributed by atoms with E-state index in [-0.39, 0.29) is 5.96 Å². The highest BCUT2D eigenvalue weighted by Crippen LogP contribution is 2.25. The third-order valence-corrected chi connectivity index (χ3v) is 2.72. The van der Waals surface area contributed by atoms with Crippen LogP contribution in [0.15, 0.2) is 22.7 Å². The number of ether oxygens (including phenoxy) is 1. The number of hydrogen-bond acceptors (Lipinski definition) is 3. The molecule has 0 bridgehead atoms. The lowest BCUT2D eigenvalue weighted by Crippen LogP contribution is -2.44. The predicted octanol–water partition coefficient (Wildman–Crippen LogP) is 0.206. The van der Waals surface area contributed by atoms with Crippen molar-refractivity contribution in [1.29, 1.82) is 5.41 Å². The third-order valence-electron chi connectivity index (χ3n) is 2.10.